The van der Waals surface area contributed by atoms with Crippen LogP contribution in [-0.2, 0) is 4.79 Å². The van der Waals surface area contributed by atoms with Crippen LogP contribution in [0.5, 0.6) is 5.75 Å². The second-order valence-corrected chi connectivity index (χ2v) is 3.62. The number of fused-ring (bicyclic) bond motifs is 1. The summed E-state index contributed by atoms with van der Waals surface area (Å²) in [5.74, 6) is 0.898. The highest BCUT2D eigenvalue weighted by Crippen LogP contribution is 2.34. The van der Waals surface area contributed by atoms with E-state index in [9.17, 15) is 4.79 Å². The number of benzene rings is 1. The third-order valence-corrected chi connectivity index (χ3v) is 2.39. The van der Waals surface area contributed by atoms with E-state index in [2.05, 4.69) is 13.0 Å². The minimum absolute atomic E-state index is 0.121. The Morgan fingerprint density at radius 3 is 3.00 bits per heavy atom. The molecule has 2 heteroatoms. The van der Waals surface area contributed by atoms with E-state index in [1.165, 1.54) is 5.56 Å². The third kappa shape index (κ3) is 1.44. The van der Waals surface area contributed by atoms with Gasteiger partial charge in [-0.25, -0.2) is 0 Å². The minimum Gasteiger partial charge on any atom is -0.426 e. The molecule has 1 aromatic rings. The average molecular weight is 176 g/mol. The highest BCUT2D eigenvalue weighted by atomic mass is 16.5. The summed E-state index contributed by atoms with van der Waals surface area (Å²) < 4.78 is 5.12. The monoisotopic (exact) mass is 176 g/mol. The predicted octanol–water partition coefficient (Wildman–Crippen LogP) is 2.41. The first kappa shape index (κ1) is 8.30. The number of esters is 1. The van der Waals surface area contributed by atoms with Crippen molar-refractivity contribution in [1.29, 1.82) is 0 Å². The largest absolute Gasteiger partial charge is 0.426 e. The molecule has 0 bridgehead atoms. The molecule has 1 unspecified atom stereocenters. The molecule has 1 aliphatic rings. The van der Waals surface area contributed by atoms with Gasteiger partial charge in [-0.05, 0) is 24.5 Å². The molecule has 0 amide bonds. The Morgan fingerprint density at radius 2 is 2.23 bits per heavy atom. The van der Waals surface area contributed by atoms with Crippen molar-refractivity contribution in [2.24, 2.45) is 0 Å². The molecule has 0 saturated heterocycles. The van der Waals surface area contributed by atoms with Crippen molar-refractivity contribution in [3.8, 4) is 5.75 Å². The molecule has 1 atom stereocenters. The summed E-state index contributed by atoms with van der Waals surface area (Å²) in [7, 11) is 0. The van der Waals surface area contributed by atoms with Gasteiger partial charge in [-0.15, -0.1) is 0 Å². The van der Waals surface area contributed by atoms with Crippen LogP contribution in [0.15, 0.2) is 18.2 Å². The molecule has 68 valence electrons. The van der Waals surface area contributed by atoms with E-state index >= 15 is 0 Å². The average Bonchev–Trinajstić information content (AvgIpc) is 2.06. The molecule has 2 nitrogen and oxygen atoms in total. The smallest absolute Gasteiger partial charge is 0.311 e. The van der Waals surface area contributed by atoms with Crippen molar-refractivity contribution in [2.75, 3.05) is 0 Å². The maximum Gasteiger partial charge on any atom is 0.311 e. The van der Waals surface area contributed by atoms with Gasteiger partial charge in [-0.3, -0.25) is 4.79 Å². The zero-order valence-electron chi connectivity index (χ0n) is 7.83. The molecule has 13 heavy (non-hydrogen) atoms. The maximum absolute atomic E-state index is 11.1. The van der Waals surface area contributed by atoms with E-state index in [1.807, 2.05) is 19.1 Å². The normalized spacial score (nSPS) is 20.8. The molecule has 0 aliphatic carbocycles. The lowest BCUT2D eigenvalue weighted by Gasteiger charge is -2.21. The van der Waals surface area contributed by atoms with Gasteiger partial charge in [0.2, 0.25) is 0 Å². The van der Waals surface area contributed by atoms with Gasteiger partial charge in [0, 0.05) is 0 Å². The molecule has 1 aromatic carbocycles. The van der Waals surface area contributed by atoms with Crippen LogP contribution in [0.3, 0.4) is 0 Å². The molecule has 1 aliphatic heterocycles. The highest BCUT2D eigenvalue weighted by molar-refractivity contribution is 5.76. The van der Waals surface area contributed by atoms with Crippen LogP contribution >= 0.6 is 0 Å². The van der Waals surface area contributed by atoms with E-state index in [4.69, 9.17) is 4.74 Å². The Balaban J connectivity index is 2.49. The van der Waals surface area contributed by atoms with Crippen molar-refractivity contribution >= 4 is 5.97 Å². The molecule has 0 spiro atoms. The number of hydrogen-bond donors (Lipinski definition) is 0. The number of aryl methyl sites for hydroxylation is 1. The Labute approximate surface area is 77.5 Å². The molecule has 0 aromatic heterocycles. The fourth-order valence-electron chi connectivity index (χ4n) is 1.67. The molecular weight excluding hydrogens is 164 g/mol. The fraction of sp³-hybridized carbons (Fsp3) is 0.364. The van der Waals surface area contributed by atoms with E-state index in [0.717, 1.165) is 11.3 Å². The Kier molecular flexibility index (Phi) is 1.83. The summed E-state index contributed by atoms with van der Waals surface area (Å²) in [5.41, 5.74) is 2.36. The maximum atomic E-state index is 11.1. The van der Waals surface area contributed by atoms with E-state index in [1.54, 1.807) is 0 Å². The van der Waals surface area contributed by atoms with Gasteiger partial charge in [0.15, 0.2) is 0 Å². The molecule has 2 rings (SSSR count). The fourth-order valence-corrected chi connectivity index (χ4v) is 1.67. The van der Waals surface area contributed by atoms with Crippen LogP contribution < -0.4 is 4.74 Å². The van der Waals surface area contributed by atoms with Gasteiger partial charge in [0.25, 0.3) is 0 Å². The topological polar surface area (TPSA) is 26.3 Å². The van der Waals surface area contributed by atoms with E-state index < -0.39 is 0 Å². The Bertz CT molecular complexity index is 355. The van der Waals surface area contributed by atoms with Crippen LogP contribution in [0.2, 0.25) is 0 Å². The standard InChI is InChI=1S/C11H12O2/c1-7-3-4-10-9(5-7)8(2)6-11(12)13-10/h3-5,8H,6H2,1-2H3. The first-order valence-electron chi connectivity index (χ1n) is 4.48. The molecule has 0 saturated carbocycles. The quantitative estimate of drug-likeness (QED) is 0.448. The van der Waals surface area contributed by atoms with Crippen molar-refractivity contribution in [2.45, 2.75) is 26.2 Å². The van der Waals surface area contributed by atoms with Gasteiger partial charge in [0.05, 0.1) is 6.42 Å². The summed E-state index contributed by atoms with van der Waals surface area (Å²) in [6.07, 6.45) is 0.496. The molecule has 0 radical (unpaired) electrons. The summed E-state index contributed by atoms with van der Waals surface area (Å²) in [5, 5.41) is 0. The number of ether oxygens (including phenoxy) is 1. The van der Waals surface area contributed by atoms with Crippen LogP contribution in [-0.4, -0.2) is 5.97 Å². The second-order valence-electron chi connectivity index (χ2n) is 3.62. The van der Waals surface area contributed by atoms with E-state index in [0.29, 0.717) is 6.42 Å². The lowest BCUT2D eigenvalue weighted by atomic mass is 9.93. The number of rotatable bonds is 0. The van der Waals surface area contributed by atoms with Crippen LogP contribution in [0.4, 0.5) is 0 Å². The summed E-state index contributed by atoms with van der Waals surface area (Å²) >= 11 is 0. The summed E-state index contributed by atoms with van der Waals surface area (Å²) in [4.78, 5) is 11.1. The van der Waals surface area contributed by atoms with Crippen molar-refractivity contribution in [3.63, 3.8) is 0 Å². The van der Waals surface area contributed by atoms with Crippen molar-refractivity contribution < 1.29 is 9.53 Å². The van der Waals surface area contributed by atoms with E-state index in [-0.39, 0.29) is 11.9 Å². The van der Waals surface area contributed by atoms with Gasteiger partial charge in [0.1, 0.15) is 5.75 Å². The first-order chi connectivity index (χ1) is 6.16. The van der Waals surface area contributed by atoms with Gasteiger partial charge in [-0.2, -0.15) is 0 Å². The van der Waals surface area contributed by atoms with Crippen LogP contribution in [0.1, 0.15) is 30.4 Å². The van der Waals surface area contributed by atoms with Gasteiger partial charge in [-0.1, -0.05) is 24.6 Å². The molecule has 0 fully saturated rings. The summed E-state index contributed by atoms with van der Waals surface area (Å²) in [6.45, 7) is 4.10. The molecule has 0 N–H and O–H groups in total. The van der Waals surface area contributed by atoms with Crippen LogP contribution in [0, 0.1) is 6.92 Å². The lowest BCUT2D eigenvalue weighted by Crippen LogP contribution is -2.18. The second kappa shape index (κ2) is 2.87. The Morgan fingerprint density at radius 1 is 1.46 bits per heavy atom. The SMILES string of the molecule is Cc1ccc2c(c1)C(C)CC(=O)O2. The highest BCUT2D eigenvalue weighted by Gasteiger charge is 2.23. The van der Waals surface area contributed by atoms with Crippen molar-refractivity contribution in [3.05, 3.63) is 29.3 Å². The first-order valence-corrected chi connectivity index (χ1v) is 4.48. The predicted molar refractivity (Wildman–Crippen MR) is 49.8 cm³/mol. The third-order valence-electron chi connectivity index (χ3n) is 2.39. The molecular formula is C11H12O2. The number of hydrogen-bond acceptors (Lipinski definition) is 2. The van der Waals surface area contributed by atoms with Crippen LogP contribution in [0.25, 0.3) is 0 Å². The van der Waals surface area contributed by atoms with Gasteiger partial charge < -0.3 is 4.74 Å². The number of carbonyl (C=O) groups excluding carboxylic acids is 1. The summed E-state index contributed by atoms with van der Waals surface area (Å²) in [6, 6.07) is 5.93. The Hall–Kier alpha value is -1.31. The number of carbonyl (C=O) groups is 1. The minimum atomic E-state index is -0.121. The zero-order chi connectivity index (χ0) is 9.42. The van der Waals surface area contributed by atoms with Crippen molar-refractivity contribution in [1.82, 2.24) is 0 Å². The lowest BCUT2D eigenvalue weighted by molar-refractivity contribution is -0.135. The molecule has 1 heterocycles. The van der Waals surface area contributed by atoms with Gasteiger partial charge >= 0.3 is 5.97 Å². The zero-order valence-corrected chi connectivity index (χ0v) is 7.83.